The summed E-state index contributed by atoms with van der Waals surface area (Å²) in [6.45, 7) is 0.404. The number of aromatic nitrogens is 1. The van der Waals surface area contributed by atoms with Crippen molar-refractivity contribution in [1.29, 1.82) is 0 Å². The largest absolute Gasteiger partial charge is 0.398 e. The summed E-state index contributed by atoms with van der Waals surface area (Å²) < 4.78 is 2.26. The van der Waals surface area contributed by atoms with E-state index in [-0.39, 0.29) is 18.0 Å². The van der Waals surface area contributed by atoms with E-state index >= 15 is 0 Å². The molecule has 0 fully saturated rings. The third kappa shape index (κ3) is 3.68. The van der Waals surface area contributed by atoms with Crippen molar-refractivity contribution in [1.82, 2.24) is 9.88 Å². The molecule has 100 valence electrons. The number of nitrogen functional groups attached to an aromatic ring is 1. The molecule has 0 spiro atoms. The number of nitrogens with two attached hydrogens (primary N) is 1. The molecule has 0 aliphatic rings. The molecule has 0 saturated carbocycles. The normalized spacial score (nSPS) is 10.4. The van der Waals surface area contributed by atoms with E-state index in [0.29, 0.717) is 12.2 Å². The topological polar surface area (TPSA) is 77.1 Å². The van der Waals surface area contributed by atoms with Crippen LogP contribution >= 0.6 is 27.3 Å². The molecule has 0 aliphatic carbocycles. The van der Waals surface area contributed by atoms with E-state index < -0.39 is 0 Å². The zero-order valence-electron chi connectivity index (χ0n) is 9.93. The van der Waals surface area contributed by atoms with Crippen molar-refractivity contribution in [2.75, 3.05) is 5.73 Å². The molecule has 2 heterocycles. The van der Waals surface area contributed by atoms with Crippen LogP contribution in [0.15, 0.2) is 39.0 Å². The quantitative estimate of drug-likeness (QED) is 0.886. The lowest BCUT2D eigenvalue weighted by Crippen LogP contribution is -2.31. The molecule has 0 saturated heterocycles. The second-order valence-corrected chi connectivity index (χ2v) is 5.75. The van der Waals surface area contributed by atoms with Gasteiger partial charge < -0.3 is 15.6 Å². The second-order valence-electron chi connectivity index (χ2n) is 3.90. The number of nitrogens with zero attached hydrogens (tertiary/aromatic N) is 1. The van der Waals surface area contributed by atoms with Crippen molar-refractivity contribution in [3.63, 3.8) is 0 Å². The Bertz CT molecular complexity index is 650. The zero-order chi connectivity index (χ0) is 13.8. The van der Waals surface area contributed by atoms with Crippen LogP contribution in [0.5, 0.6) is 0 Å². The number of carbonyl (C=O) groups is 1. The van der Waals surface area contributed by atoms with Crippen LogP contribution in [0.2, 0.25) is 0 Å². The first-order chi connectivity index (χ1) is 9.06. The smallest absolute Gasteiger partial charge is 0.251 e. The fourth-order valence-corrected chi connectivity index (χ4v) is 2.95. The number of hydrogen-bond acceptors (Lipinski definition) is 4. The molecule has 2 aromatic heterocycles. The summed E-state index contributed by atoms with van der Waals surface area (Å²) in [5, 5.41) is 4.70. The van der Waals surface area contributed by atoms with Crippen molar-refractivity contribution in [2.24, 2.45) is 0 Å². The molecule has 0 aliphatic heterocycles. The van der Waals surface area contributed by atoms with Gasteiger partial charge in [0.15, 0.2) is 0 Å². The number of pyridine rings is 1. The van der Waals surface area contributed by atoms with Crippen LogP contribution in [0, 0.1) is 0 Å². The van der Waals surface area contributed by atoms with Crippen LogP contribution in [0.4, 0.5) is 5.69 Å². The van der Waals surface area contributed by atoms with Gasteiger partial charge in [-0.25, -0.2) is 0 Å². The fourth-order valence-electron chi connectivity index (χ4n) is 1.51. The van der Waals surface area contributed by atoms with Crippen LogP contribution in [-0.4, -0.2) is 10.5 Å². The minimum atomic E-state index is -0.248. The first-order valence-electron chi connectivity index (χ1n) is 5.51. The highest BCUT2D eigenvalue weighted by atomic mass is 79.9. The molecule has 0 unspecified atom stereocenters. The van der Waals surface area contributed by atoms with E-state index in [4.69, 9.17) is 5.73 Å². The standard InChI is InChI=1S/C12H12BrN3O2S/c13-9-3-4-19-10(9)5-15-11(17)7-16-6-8(14)1-2-12(16)18/h1-4,6H,5,7,14H2,(H,15,17). The Morgan fingerprint density at radius 3 is 2.89 bits per heavy atom. The Labute approximate surface area is 122 Å². The van der Waals surface area contributed by atoms with Crippen molar-refractivity contribution < 1.29 is 4.79 Å². The first kappa shape index (κ1) is 13.8. The molecule has 0 atom stereocenters. The Balaban J connectivity index is 1.96. The maximum absolute atomic E-state index is 11.8. The maximum Gasteiger partial charge on any atom is 0.251 e. The fraction of sp³-hybridized carbons (Fsp3) is 0.167. The molecule has 0 radical (unpaired) electrons. The lowest BCUT2D eigenvalue weighted by atomic mass is 10.4. The van der Waals surface area contributed by atoms with Crippen LogP contribution in [-0.2, 0) is 17.9 Å². The third-order valence-corrected chi connectivity index (χ3v) is 4.38. The van der Waals surface area contributed by atoms with Crippen LogP contribution in [0.1, 0.15) is 4.88 Å². The maximum atomic E-state index is 11.8. The van der Waals surface area contributed by atoms with Crippen molar-refractivity contribution in [3.8, 4) is 0 Å². The number of anilines is 1. The Hall–Kier alpha value is -1.60. The Morgan fingerprint density at radius 2 is 2.21 bits per heavy atom. The Morgan fingerprint density at radius 1 is 1.42 bits per heavy atom. The molecular formula is C12H12BrN3O2S. The first-order valence-corrected chi connectivity index (χ1v) is 7.18. The van der Waals surface area contributed by atoms with E-state index in [1.165, 1.54) is 22.9 Å². The minimum absolute atomic E-state index is 0.0349. The van der Waals surface area contributed by atoms with Gasteiger partial charge in [-0.2, -0.15) is 0 Å². The monoisotopic (exact) mass is 341 g/mol. The van der Waals surface area contributed by atoms with Gasteiger partial charge in [-0.15, -0.1) is 11.3 Å². The second kappa shape index (κ2) is 6.03. The van der Waals surface area contributed by atoms with Gasteiger partial charge in [-0.1, -0.05) is 0 Å². The molecule has 5 nitrogen and oxygen atoms in total. The lowest BCUT2D eigenvalue weighted by molar-refractivity contribution is -0.121. The molecule has 1 amide bonds. The molecule has 19 heavy (non-hydrogen) atoms. The number of halogens is 1. The highest BCUT2D eigenvalue weighted by Crippen LogP contribution is 2.21. The predicted octanol–water partition coefficient (Wildman–Crippen LogP) is 1.57. The molecule has 0 aromatic carbocycles. The summed E-state index contributed by atoms with van der Waals surface area (Å²) in [5.41, 5.74) is 5.78. The van der Waals surface area contributed by atoms with Gasteiger partial charge in [0.2, 0.25) is 5.91 Å². The molecule has 7 heteroatoms. The highest BCUT2D eigenvalue weighted by molar-refractivity contribution is 9.10. The van der Waals surface area contributed by atoms with Gasteiger partial charge in [-0.3, -0.25) is 9.59 Å². The van der Waals surface area contributed by atoms with Gasteiger partial charge >= 0.3 is 0 Å². The van der Waals surface area contributed by atoms with Gasteiger partial charge in [0.25, 0.3) is 5.56 Å². The number of nitrogens with one attached hydrogen (secondary N) is 1. The van der Waals surface area contributed by atoms with Crippen molar-refractivity contribution in [2.45, 2.75) is 13.1 Å². The van der Waals surface area contributed by atoms with Crippen LogP contribution in [0.25, 0.3) is 0 Å². The number of thiophene rings is 1. The van der Waals surface area contributed by atoms with Crippen LogP contribution < -0.4 is 16.6 Å². The zero-order valence-corrected chi connectivity index (χ0v) is 12.3. The molecular weight excluding hydrogens is 330 g/mol. The van der Waals surface area contributed by atoms with Crippen molar-refractivity contribution >= 4 is 38.9 Å². The van der Waals surface area contributed by atoms with Crippen molar-refractivity contribution in [3.05, 3.63) is 49.5 Å². The molecule has 3 N–H and O–H groups in total. The average molecular weight is 342 g/mol. The number of carbonyl (C=O) groups excluding carboxylic acids is 1. The summed E-state index contributed by atoms with van der Waals surface area (Å²) in [4.78, 5) is 24.3. The molecule has 2 rings (SSSR count). The summed E-state index contributed by atoms with van der Waals surface area (Å²) in [6.07, 6.45) is 1.46. The van der Waals surface area contributed by atoms with Gasteiger partial charge in [0.05, 0.1) is 6.54 Å². The molecule has 0 bridgehead atoms. The summed E-state index contributed by atoms with van der Waals surface area (Å²) in [7, 11) is 0. The van der Waals surface area contributed by atoms with Crippen LogP contribution in [0.3, 0.4) is 0 Å². The Kier molecular flexibility index (Phi) is 4.39. The van der Waals surface area contributed by atoms with Gasteiger partial charge in [0.1, 0.15) is 6.54 Å². The van der Waals surface area contributed by atoms with E-state index in [1.807, 2.05) is 11.4 Å². The number of rotatable bonds is 4. The highest BCUT2D eigenvalue weighted by Gasteiger charge is 2.06. The van der Waals surface area contributed by atoms with Gasteiger partial charge in [-0.05, 0) is 33.4 Å². The molecule has 2 aromatic rings. The van der Waals surface area contributed by atoms with E-state index in [2.05, 4.69) is 21.2 Å². The number of amides is 1. The average Bonchev–Trinajstić information content (AvgIpc) is 2.77. The minimum Gasteiger partial charge on any atom is -0.398 e. The summed E-state index contributed by atoms with van der Waals surface area (Å²) in [6, 6.07) is 4.78. The van der Waals surface area contributed by atoms with Gasteiger partial charge in [0, 0.05) is 27.3 Å². The SMILES string of the molecule is Nc1ccc(=O)n(CC(=O)NCc2sccc2Br)c1. The van der Waals surface area contributed by atoms with E-state index in [1.54, 1.807) is 11.3 Å². The summed E-state index contributed by atoms with van der Waals surface area (Å²) in [5.74, 6) is -0.229. The number of hydrogen-bond donors (Lipinski definition) is 2. The predicted molar refractivity (Wildman–Crippen MR) is 79.0 cm³/mol. The van der Waals surface area contributed by atoms with E-state index in [9.17, 15) is 9.59 Å². The van der Waals surface area contributed by atoms with E-state index in [0.717, 1.165) is 9.35 Å². The summed E-state index contributed by atoms with van der Waals surface area (Å²) >= 11 is 4.95. The lowest BCUT2D eigenvalue weighted by Gasteiger charge is -2.07. The third-order valence-electron chi connectivity index (χ3n) is 2.46.